The van der Waals surface area contributed by atoms with Gasteiger partial charge >= 0.3 is 0 Å². The molecule has 0 fully saturated rings. The zero-order valence-corrected chi connectivity index (χ0v) is 11.3. The molecule has 0 heterocycles. The molecule has 1 N–H and O–H groups in total. The van der Waals surface area contributed by atoms with Gasteiger partial charge in [0.25, 0.3) is 0 Å². The molecule has 0 amide bonds. The highest BCUT2D eigenvalue weighted by molar-refractivity contribution is 5.36. The summed E-state index contributed by atoms with van der Waals surface area (Å²) in [6.45, 7) is 9.00. The van der Waals surface area contributed by atoms with Gasteiger partial charge in [0, 0.05) is 6.04 Å². The lowest BCUT2D eigenvalue weighted by Crippen LogP contribution is -2.26. The van der Waals surface area contributed by atoms with E-state index in [0.29, 0.717) is 6.04 Å². The highest BCUT2D eigenvalue weighted by Gasteiger charge is 2.21. The van der Waals surface area contributed by atoms with E-state index in [9.17, 15) is 0 Å². The molecular weight excluding hydrogens is 194 g/mol. The smallest absolute Gasteiger partial charge is 0.0351 e. The van der Waals surface area contributed by atoms with Crippen molar-refractivity contribution in [3.8, 4) is 0 Å². The minimum absolute atomic E-state index is 0.496. The van der Waals surface area contributed by atoms with Crippen molar-refractivity contribution in [1.82, 2.24) is 5.32 Å². The molecule has 0 aliphatic rings. The summed E-state index contributed by atoms with van der Waals surface area (Å²) >= 11 is 0. The SMILES string of the molecule is CCC(CC)C(NC)c1c(C)cccc1C. The van der Waals surface area contributed by atoms with Gasteiger partial charge in [-0.2, -0.15) is 0 Å². The van der Waals surface area contributed by atoms with E-state index in [2.05, 4.69) is 58.3 Å². The van der Waals surface area contributed by atoms with Crippen LogP contribution in [-0.4, -0.2) is 7.05 Å². The van der Waals surface area contributed by atoms with Gasteiger partial charge in [-0.25, -0.2) is 0 Å². The summed E-state index contributed by atoms with van der Waals surface area (Å²) in [5.74, 6) is 0.727. The van der Waals surface area contributed by atoms with Crippen LogP contribution >= 0.6 is 0 Å². The third-order valence-corrected chi connectivity index (χ3v) is 3.68. The van der Waals surface area contributed by atoms with Gasteiger partial charge in [-0.3, -0.25) is 0 Å². The van der Waals surface area contributed by atoms with Crippen molar-refractivity contribution in [2.45, 2.75) is 46.6 Å². The minimum Gasteiger partial charge on any atom is -0.313 e. The first-order chi connectivity index (χ1) is 7.65. The van der Waals surface area contributed by atoms with Gasteiger partial charge < -0.3 is 5.32 Å². The Hall–Kier alpha value is -0.820. The zero-order valence-electron chi connectivity index (χ0n) is 11.3. The normalized spacial score (nSPS) is 13.1. The van der Waals surface area contributed by atoms with E-state index in [0.717, 1.165) is 5.92 Å². The lowest BCUT2D eigenvalue weighted by molar-refractivity contribution is 0.357. The molecule has 90 valence electrons. The van der Waals surface area contributed by atoms with Crippen molar-refractivity contribution < 1.29 is 0 Å². The van der Waals surface area contributed by atoms with E-state index in [1.54, 1.807) is 0 Å². The molecule has 1 heteroatoms. The van der Waals surface area contributed by atoms with Crippen LogP contribution in [0.5, 0.6) is 0 Å². The van der Waals surface area contributed by atoms with Crippen LogP contribution in [0.3, 0.4) is 0 Å². The van der Waals surface area contributed by atoms with Gasteiger partial charge in [0.05, 0.1) is 0 Å². The molecule has 1 aromatic carbocycles. The maximum Gasteiger partial charge on any atom is 0.0351 e. The Morgan fingerprint density at radius 1 is 1.06 bits per heavy atom. The third-order valence-electron chi connectivity index (χ3n) is 3.68. The Kier molecular flexibility index (Phi) is 5.01. The standard InChI is InChI=1S/C15H25N/c1-6-13(7-2)15(16-5)14-11(3)9-8-10-12(14)4/h8-10,13,15-16H,6-7H2,1-5H3. The Balaban J connectivity index is 3.12. The Morgan fingerprint density at radius 3 is 1.94 bits per heavy atom. The molecule has 1 rings (SSSR count). The number of aryl methyl sites for hydroxylation is 2. The lowest BCUT2D eigenvalue weighted by atomic mass is 9.85. The summed E-state index contributed by atoms with van der Waals surface area (Å²) in [4.78, 5) is 0. The van der Waals surface area contributed by atoms with Crippen LogP contribution in [0.15, 0.2) is 18.2 Å². The van der Waals surface area contributed by atoms with E-state index >= 15 is 0 Å². The molecule has 0 aliphatic heterocycles. The number of rotatable bonds is 5. The van der Waals surface area contributed by atoms with Gasteiger partial charge in [0.15, 0.2) is 0 Å². The fourth-order valence-electron chi connectivity index (χ4n) is 2.69. The van der Waals surface area contributed by atoms with Gasteiger partial charge in [-0.1, -0.05) is 44.9 Å². The van der Waals surface area contributed by atoms with Gasteiger partial charge in [0.2, 0.25) is 0 Å². The Labute approximate surface area is 100 Å². The number of hydrogen-bond donors (Lipinski definition) is 1. The summed E-state index contributed by atoms with van der Waals surface area (Å²) in [5.41, 5.74) is 4.32. The summed E-state index contributed by atoms with van der Waals surface area (Å²) in [6, 6.07) is 7.08. The van der Waals surface area contributed by atoms with Gasteiger partial charge in [-0.05, 0) is 43.5 Å². The van der Waals surface area contributed by atoms with E-state index in [1.165, 1.54) is 29.5 Å². The maximum atomic E-state index is 3.50. The molecule has 16 heavy (non-hydrogen) atoms. The van der Waals surface area contributed by atoms with Crippen molar-refractivity contribution in [3.05, 3.63) is 34.9 Å². The molecule has 1 aromatic rings. The van der Waals surface area contributed by atoms with Crippen molar-refractivity contribution in [3.63, 3.8) is 0 Å². The van der Waals surface area contributed by atoms with Gasteiger partial charge in [-0.15, -0.1) is 0 Å². The first-order valence-corrected chi connectivity index (χ1v) is 6.39. The quantitative estimate of drug-likeness (QED) is 0.789. The van der Waals surface area contributed by atoms with Crippen LogP contribution in [0.1, 0.15) is 49.4 Å². The minimum atomic E-state index is 0.496. The molecule has 0 saturated heterocycles. The summed E-state index contributed by atoms with van der Waals surface area (Å²) < 4.78 is 0. The Morgan fingerprint density at radius 2 is 1.56 bits per heavy atom. The highest BCUT2D eigenvalue weighted by Crippen LogP contribution is 2.31. The lowest BCUT2D eigenvalue weighted by Gasteiger charge is -2.28. The van der Waals surface area contributed by atoms with Crippen LogP contribution in [0.25, 0.3) is 0 Å². The molecule has 0 aromatic heterocycles. The monoisotopic (exact) mass is 219 g/mol. The van der Waals surface area contributed by atoms with Crippen LogP contribution in [0, 0.1) is 19.8 Å². The second kappa shape index (κ2) is 6.05. The highest BCUT2D eigenvalue weighted by atomic mass is 14.9. The number of hydrogen-bond acceptors (Lipinski definition) is 1. The van der Waals surface area contributed by atoms with Crippen molar-refractivity contribution in [2.24, 2.45) is 5.92 Å². The molecule has 1 nitrogen and oxygen atoms in total. The average molecular weight is 219 g/mol. The first kappa shape index (κ1) is 13.2. The largest absolute Gasteiger partial charge is 0.313 e. The van der Waals surface area contributed by atoms with Crippen LogP contribution in [-0.2, 0) is 0 Å². The fraction of sp³-hybridized carbons (Fsp3) is 0.600. The second-order valence-corrected chi connectivity index (χ2v) is 4.65. The van der Waals surface area contributed by atoms with Crippen molar-refractivity contribution >= 4 is 0 Å². The summed E-state index contributed by atoms with van der Waals surface area (Å²) in [5, 5.41) is 3.50. The predicted molar refractivity (Wildman–Crippen MR) is 71.8 cm³/mol. The third kappa shape index (κ3) is 2.65. The topological polar surface area (TPSA) is 12.0 Å². The fourth-order valence-corrected chi connectivity index (χ4v) is 2.69. The molecule has 0 radical (unpaired) electrons. The number of nitrogens with one attached hydrogen (secondary N) is 1. The van der Waals surface area contributed by atoms with Crippen molar-refractivity contribution in [2.75, 3.05) is 7.05 Å². The van der Waals surface area contributed by atoms with Crippen LogP contribution in [0.2, 0.25) is 0 Å². The molecule has 0 aliphatic carbocycles. The molecule has 1 atom stereocenters. The van der Waals surface area contributed by atoms with Crippen molar-refractivity contribution in [1.29, 1.82) is 0 Å². The predicted octanol–water partition coefficient (Wildman–Crippen LogP) is 4.00. The maximum absolute atomic E-state index is 3.50. The first-order valence-electron chi connectivity index (χ1n) is 6.39. The van der Waals surface area contributed by atoms with E-state index < -0.39 is 0 Å². The zero-order chi connectivity index (χ0) is 12.1. The van der Waals surface area contributed by atoms with Crippen LogP contribution < -0.4 is 5.32 Å². The Bertz CT molecular complexity index is 306. The molecule has 1 unspecified atom stereocenters. The number of benzene rings is 1. The van der Waals surface area contributed by atoms with E-state index in [1.807, 2.05) is 0 Å². The van der Waals surface area contributed by atoms with Gasteiger partial charge in [0.1, 0.15) is 0 Å². The molecular formula is C15H25N. The van der Waals surface area contributed by atoms with E-state index in [4.69, 9.17) is 0 Å². The summed E-state index contributed by atoms with van der Waals surface area (Å²) in [7, 11) is 2.08. The molecule has 0 bridgehead atoms. The second-order valence-electron chi connectivity index (χ2n) is 4.65. The summed E-state index contributed by atoms with van der Waals surface area (Å²) in [6.07, 6.45) is 2.46. The average Bonchev–Trinajstić information content (AvgIpc) is 2.28. The molecule has 0 saturated carbocycles. The van der Waals surface area contributed by atoms with E-state index in [-0.39, 0.29) is 0 Å². The molecule has 0 spiro atoms. The van der Waals surface area contributed by atoms with Crippen LogP contribution in [0.4, 0.5) is 0 Å².